The molecule has 0 aromatic heterocycles. The van der Waals surface area contributed by atoms with E-state index in [1.54, 1.807) is 6.08 Å². The molecular formula is C13H17KN2O4S3. The zero-order valence-electron chi connectivity index (χ0n) is 13.1. The first-order chi connectivity index (χ1) is 10.3. The van der Waals surface area contributed by atoms with Crippen LogP contribution in [0.3, 0.4) is 0 Å². The molecule has 2 heterocycles. The van der Waals surface area contributed by atoms with Crippen molar-refractivity contribution in [1.29, 1.82) is 0 Å². The van der Waals surface area contributed by atoms with Crippen molar-refractivity contribution in [3.8, 4) is 0 Å². The number of carbonyl (C=O) groups is 1. The first-order valence-electron chi connectivity index (χ1n) is 6.95. The number of hydrogen-bond donors (Lipinski definition) is 0. The summed E-state index contributed by atoms with van der Waals surface area (Å²) in [6, 6.07) is 0. The average Bonchev–Trinajstić information content (AvgIpc) is 2.98. The fourth-order valence-electron chi connectivity index (χ4n) is 2.38. The van der Waals surface area contributed by atoms with Crippen LogP contribution in [0.1, 0.15) is 19.8 Å². The molecule has 122 valence electrons. The molecule has 2 saturated heterocycles. The second-order valence-corrected chi connectivity index (χ2v) is 8.16. The van der Waals surface area contributed by atoms with Gasteiger partial charge in [0.1, 0.15) is 4.32 Å². The van der Waals surface area contributed by atoms with Crippen LogP contribution in [-0.2, 0) is 14.9 Å². The van der Waals surface area contributed by atoms with E-state index in [0.717, 1.165) is 37.7 Å². The Morgan fingerprint density at radius 1 is 1.39 bits per heavy atom. The molecule has 0 spiro atoms. The van der Waals surface area contributed by atoms with Gasteiger partial charge in [-0.2, -0.15) is 0 Å². The van der Waals surface area contributed by atoms with Gasteiger partial charge in [0.2, 0.25) is 0 Å². The van der Waals surface area contributed by atoms with E-state index in [2.05, 4.69) is 11.8 Å². The predicted molar refractivity (Wildman–Crippen MR) is 89.1 cm³/mol. The van der Waals surface area contributed by atoms with Gasteiger partial charge in [0.25, 0.3) is 5.91 Å². The molecule has 0 unspecified atom stereocenters. The normalized spacial score (nSPS) is 22.3. The molecule has 0 bridgehead atoms. The summed E-state index contributed by atoms with van der Waals surface area (Å²) in [6.45, 7) is 3.86. The Morgan fingerprint density at radius 2 is 2.09 bits per heavy atom. The van der Waals surface area contributed by atoms with Gasteiger partial charge in [0.15, 0.2) is 0 Å². The largest absolute Gasteiger partial charge is 1.00 e. The Balaban J connectivity index is 0.00000264. The quantitative estimate of drug-likeness (QED) is 0.235. The molecule has 2 aliphatic rings. The monoisotopic (exact) mass is 400 g/mol. The fraction of sp³-hybridized carbons (Fsp3) is 0.538. The molecule has 10 heteroatoms. The summed E-state index contributed by atoms with van der Waals surface area (Å²) in [7, 11) is -4.36. The molecule has 23 heavy (non-hydrogen) atoms. The van der Waals surface area contributed by atoms with Gasteiger partial charge in [-0.1, -0.05) is 24.0 Å². The second-order valence-electron chi connectivity index (χ2n) is 4.96. The third-order valence-corrected chi connectivity index (χ3v) is 5.59. The summed E-state index contributed by atoms with van der Waals surface area (Å²) in [5.41, 5.74) is 1.19. The standard InChI is InChI=1S/C13H18N2O4S3.K/c1-2-14-7-3-4-10(14)5-6-11-12(16)15(13(20)21-11)8-9-22(17,18)19;/h5-6H,2-4,7-9H2,1H3,(H,17,18,19);/q;+1/p-1/b10-5-,11-6+;. The average molecular weight is 401 g/mol. The Hall–Kier alpha value is 0.736. The van der Waals surface area contributed by atoms with Crippen molar-refractivity contribution in [2.75, 3.05) is 25.4 Å². The van der Waals surface area contributed by atoms with E-state index >= 15 is 0 Å². The van der Waals surface area contributed by atoms with Crippen molar-refractivity contribution >= 4 is 44.3 Å². The van der Waals surface area contributed by atoms with Crippen LogP contribution in [0.2, 0.25) is 0 Å². The molecule has 1 amide bonds. The molecule has 0 atom stereocenters. The summed E-state index contributed by atoms with van der Waals surface area (Å²) >= 11 is 6.21. The Bertz CT molecular complexity index is 646. The number of allylic oxidation sites excluding steroid dienone is 3. The zero-order valence-corrected chi connectivity index (χ0v) is 18.7. The van der Waals surface area contributed by atoms with Gasteiger partial charge in [-0.05, 0) is 31.9 Å². The Labute approximate surface area is 188 Å². The van der Waals surface area contributed by atoms with Crippen molar-refractivity contribution in [1.82, 2.24) is 9.80 Å². The maximum absolute atomic E-state index is 12.2. The van der Waals surface area contributed by atoms with Gasteiger partial charge in [-0.3, -0.25) is 9.69 Å². The minimum Gasteiger partial charge on any atom is -0.748 e. The van der Waals surface area contributed by atoms with Crippen LogP contribution in [0.5, 0.6) is 0 Å². The molecule has 6 nitrogen and oxygen atoms in total. The minimum absolute atomic E-state index is 0. The molecule has 2 fully saturated rings. The van der Waals surface area contributed by atoms with E-state index in [1.165, 1.54) is 10.6 Å². The van der Waals surface area contributed by atoms with E-state index in [0.29, 0.717) is 4.91 Å². The maximum Gasteiger partial charge on any atom is 1.00 e. The summed E-state index contributed by atoms with van der Waals surface area (Å²) < 4.78 is 32.3. The smallest absolute Gasteiger partial charge is 0.748 e. The molecule has 0 N–H and O–H groups in total. The van der Waals surface area contributed by atoms with Crippen LogP contribution in [0.15, 0.2) is 22.8 Å². The third-order valence-electron chi connectivity index (χ3n) is 3.51. The number of thioether (sulfide) groups is 1. The van der Waals surface area contributed by atoms with Crippen molar-refractivity contribution in [2.24, 2.45) is 0 Å². The van der Waals surface area contributed by atoms with Crippen LogP contribution in [0.4, 0.5) is 0 Å². The van der Waals surface area contributed by atoms with Crippen molar-refractivity contribution in [3.05, 3.63) is 22.8 Å². The van der Waals surface area contributed by atoms with Gasteiger partial charge >= 0.3 is 51.4 Å². The first kappa shape index (κ1) is 21.8. The zero-order chi connectivity index (χ0) is 16.3. The van der Waals surface area contributed by atoms with E-state index in [4.69, 9.17) is 12.2 Å². The summed E-state index contributed by atoms with van der Waals surface area (Å²) in [6.07, 6.45) is 5.75. The molecule has 2 aliphatic heterocycles. The van der Waals surface area contributed by atoms with Gasteiger partial charge in [-0.25, -0.2) is 8.42 Å². The predicted octanol–water partition coefficient (Wildman–Crippen LogP) is -1.72. The number of thiocarbonyl (C=S) groups is 1. The Morgan fingerprint density at radius 3 is 2.70 bits per heavy atom. The maximum atomic E-state index is 12.2. The minimum atomic E-state index is -4.36. The SMILES string of the molecule is CCN1CCC/C1=C/C=C1/SC(=S)N(CCS(=O)(=O)[O-])C1=O.[K+]. The molecule has 0 aliphatic carbocycles. The fourth-order valence-corrected chi connectivity index (χ4v) is 4.04. The van der Waals surface area contributed by atoms with Gasteiger partial charge in [0.05, 0.1) is 20.8 Å². The number of amides is 1. The third kappa shape index (κ3) is 6.19. The van der Waals surface area contributed by atoms with Crippen LogP contribution in [0, 0.1) is 0 Å². The number of hydrogen-bond acceptors (Lipinski definition) is 7. The summed E-state index contributed by atoms with van der Waals surface area (Å²) in [4.78, 5) is 16.1. The van der Waals surface area contributed by atoms with E-state index in [9.17, 15) is 17.8 Å². The number of carbonyl (C=O) groups excluding carboxylic acids is 1. The van der Waals surface area contributed by atoms with Crippen LogP contribution in [0.25, 0.3) is 0 Å². The molecular weight excluding hydrogens is 383 g/mol. The van der Waals surface area contributed by atoms with Crippen molar-refractivity contribution < 1.29 is 69.1 Å². The van der Waals surface area contributed by atoms with Crippen molar-refractivity contribution in [3.63, 3.8) is 0 Å². The molecule has 0 aromatic rings. The molecule has 0 radical (unpaired) electrons. The van der Waals surface area contributed by atoms with Crippen LogP contribution in [-0.4, -0.2) is 58.4 Å². The molecule has 0 saturated carbocycles. The van der Waals surface area contributed by atoms with Crippen molar-refractivity contribution in [2.45, 2.75) is 19.8 Å². The number of rotatable bonds is 5. The number of nitrogens with zero attached hydrogens (tertiary/aromatic N) is 2. The summed E-state index contributed by atoms with van der Waals surface area (Å²) in [5.74, 6) is -0.964. The second kappa shape index (κ2) is 9.44. The van der Waals surface area contributed by atoms with E-state index < -0.39 is 15.9 Å². The van der Waals surface area contributed by atoms with Gasteiger partial charge in [-0.15, -0.1) is 0 Å². The first-order valence-corrected chi connectivity index (χ1v) is 9.75. The molecule has 2 rings (SSSR count). The van der Waals surface area contributed by atoms with E-state index in [-0.39, 0.29) is 68.2 Å². The molecule has 0 aromatic carbocycles. The number of likely N-dealkylation sites (tertiary alicyclic amines) is 1. The van der Waals surface area contributed by atoms with Gasteiger partial charge in [0, 0.05) is 25.3 Å². The Kier molecular flexibility index (Phi) is 8.94. The van der Waals surface area contributed by atoms with Gasteiger partial charge < -0.3 is 9.45 Å². The van der Waals surface area contributed by atoms with Crippen LogP contribution < -0.4 is 51.4 Å². The topological polar surface area (TPSA) is 80.8 Å². The van der Waals surface area contributed by atoms with E-state index in [1.807, 2.05) is 6.08 Å². The summed E-state index contributed by atoms with van der Waals surface area (Å²) in [5, 5.41) is 0. The van der Waals surface area contributed by atoms with Crippen LogP contribution >= 0.6 is 24.0 Å².